The molecule has 1 aliphatic rings. The van der Waals surface area contributed by atoms with Gasteiger partial charge < -0.3 is 4.74 Å². The molecule has 0 atom stereocenters. The summed E-state index contributed by atoms with van der Waals surface area (Å²) in [6.07, 6.45) is 0. The second kappa shape index (κ2) is 5.36. The highest BCUT2D eigenvalue weighted by Crippen LogP contribution is 2.16. The standard InChI is InChI=1S/C12H18N2O3S/c1-10-3-4-11(2)12(9-10)18(15,16)13-14-5-7-17-8-6-14/h3-4,9,13H,5-8H2,1-2H3. The molecule has 0 radical (unpaired) electrons. The molecule has 1 aliphatic heterocycles. The Morgan fingerprint density at radius 3 is 2.56 bits per heavy atom. The van der Waals surface area contributed by atoms with Crippen LogP contribution in [0.5, 0.6) is 0 Å². The van der Waals surface area contributed by atoms with Crippen molar-refractivity contribution in [3.05, 3.63) is 29.3 Å². The smallest absolute Gasteiger partial charge is 0.253 e. The van der Waals surface area contributed by atoms with E-state index in [1.54, 1.807) is 18.0 Å². The van der Waals surface area contributed by atoms with Crippen molar-refractivity contribution in [2.75, 3.05) is 26.3 Å². The van der Waals surface area contributed by atoms with Crippen LogP contribution in [-0.4, -0.2) is 39.7 Å². The van der Waals surface area contributed by atoms with Crippen molar-refractivity contribution in [1.29, 1.82) is 0 Å². The molecule has 1 heterocycles. The molecule has 1 N–H and O–H groups in total. The molecule has 1 fully saturated rings. The molecular weight excluding hydrogens is 252 g/mol. The Morgan fingerprint density at radius 1 is 1.22 bits per heavy atom. The Morgan fingerprint density at radius 2 is 1.89 bits per heavy atom. The first-order valence-corrected chi connectivity index (χ1v) is 7.40. The number of sulfonamides is 1. The fourth-order valence-corrected chi connectivity index (χ4v) is 3.32. The quantitative estimate of drug-likeness (QED) is 0.884. The van der Waals surface area contributed by atoms with Crippen molar-refractivity contribution in [1.82, 2.24) is 9.84 Å². The van der Waals surface area contributed by atoms with Gasteiger partial charge in [0.1, 0.15) is 0 Å². The molecule has 0 aliphatic carbocycles. The van der Waals surface area contributed by atoms with E-state index >= 15 is 0 Å². The zero-order valence-electron chi connectivity index (χ0n) is 10.6. The largest absolute Gasteiger partial charge is 0.379 e. The van der Waals surface area contributed by atoms with Gasteiger partial charge in [0.15, 0.2) is 0 Å². The Kier molecular flexibility index (Phi) is 4.01. The zero-order valence-corrected chi connectivity index (χ0v) is 11.5. The van der Waals surface area contributed by atoms with Crippen molar-refractivity contribution in [3.63, 3.8) is 0 Å². The summed E-state index contributed by atoms with van der Waals surface area (Å²) >= 11 is 0. The molecule has 100 valence electrons. The number of hydrogen-bond acceptors (Lipinski definition) is 4. The van der Waals surface area contributed by atoms with Gasteiger partial charge in [-0.15, -0.1) is 4.83 Å². The summed E-state index contributed by atoms with van der Waals surface area (Å²) in [5.74, 6) is 0. The molecule has 1 saturated heterocycles. The SMILES string of the molecule is Cc1ccc(C)c(S(=O)(=O)NN2CCOCC2)c1. The first-order valence-electron chi connectivity index (χ1n) is 5.91. The number of hydrazine groups is 1. The van der Waals surface area contributed by atoms with E-state index < -0.39 is 10.0 Å². The molecule has 0 amide bonds. The van der Waals surface area contributed by atoms with E-state index in [9.17, 15) is 8.42 Å². The fourth-order valence-electron chi connectivity index (χ4n) is 1.87. The molecule has 6 heteroatoms. The number of nitrogens with zero attached hydrogens (tertiary/aromatic N) is 1. The number of aryl methyl sites for hydroxylation is 2. The topological polar surface area (TPSA) is 58.6 Å². The van der Waals surface area contributed by atoms with E-state index in [0.29, 0.717) is 31.2 Å². The summed E-state index contributed by atoms with van der Waals surface area (Å²) in [6.45, 7) is 5.93. The van der Waals surface area contributed by atoms with Crippen molar-refractivity contribution in [3.8, 4) is 0 Å². The first kappa shape index (κ1) is 13.5. The minimum absolute atomic E-state index is 0.342. The van der Waals surface area contributed by atoms with E-state index in [2.05, 4.69) is 4.83 Å². The fraction of sp³-hybridized carbons (Fsp3) is 0.500. The van der Waals surface area contributed by atoms with Crippen LogP contribution in [0.4, 0.5) is 0 Å². The lowest BCUT2D eigenvalue weighted by molar-refractivity contribution is 0.0272. The molecule has 0 spiro atoms. The average Bonchev–Trinajstić information content (AvgIpc) is 2.33. The van der Waals surface area contributed by atoms with Crippen LogP contribution < -0.4 is 4.83 Å². The highest BCUT2D eigenvalue weighted by Gasteiger charge is 2.21. The predicted molar refractivity (Wildman–Crippen MR) is 68.6 cm³/mol. The van der Waals surface area contributed by atoms with E-state index in [-0.39, 0.29) is 0 Å². The molecule has 5 nitrogen and oxygen atoms in total. The van der Waals surface area contributed by atoms with Crippen molar-refractivity contribution < 1.29 is 13.2 Å². The molecule has 0 aromatic heterocycles. The van der Waals surface area contributed by atoms with Crippen LogP contribution >= 0.6 is 0 Å². The van der Waals surface area contributed by atoms with Gasteiger partial charge in [0.25, 0.3) is 10.0 Å². The molecule has 1 aromatic carbocycles. The number of morpholine rings is 1. The third-order valence-corrected chi connectivity index (χ3v) is 4.41. The molecular formula is C12H18N2O3S. The lowest BCUT2D eigenvalue weighted by Gasteiger charge is -2.27. The lowest BCUT2D eigenvalue weighted by Crippen LogP contribution is -2.48. The zero-order chi connectivity index (χ0) is 13.2. The summed E-state index contributed by atoms with van der Waals surface area (Å²) in [5, 5.41) is 1.68. The molecule has 0 saturated carbocycles. The number of rotatable bonds is 3. The van der Waals surface area contributed by atoms with Crippen molar-refractivity contribution >= 4 is 10.0 Å². The number of nitrogens with one attached hydrogen (secondary N) is 1. The monoisotopic (exact) mass is 270 g/mol. The van der Waals surface area contributed by atoms with Gasteiger partial charge >= 0.3 is 0 Å². The normalized spacial score (nSPS) is 17.9. The molecule has 2 rings (SSSR count). The Balaban J connectivity index is 2.21. The van der Waals surface area contributed by atoms with E-state index in [1.165, 1.54) is 0 Å². The second-order valence-corrected chi connectivity index (χ2v) is 6.09. The van der Waals surface area contributed by atoms with Crippen LogP contribution in [0.2, 0.25) is 0 Å². The van der Waals surface area contributed by atoms with E-state index in [1.807, 2.05) is 19.1 Å². The van der Waals surface area contributed by atoms with Gasteiger partial charge in [-0.2, -0.15) is 0 Å². The Labute approximate surface area is 108 Å². The van der Waals surface area contributed by atoms with Crippen molar-refractivity contribution in [2.45, 2.75) is 18.7 Å². The second-order valence-electron chi connectivity index (χ2n) is 4.46. The minimum atomic E-state index is -3.49. The van der Waals surface area contributed by atoms with Crippen molar-refractivity contribution in [2.24, 2.45) is 0 Å². The number of hydrogen-bond donors (Lipinski definition) is 1. The van der Waals surface area contributed by atoms with Gasteiger partial charge in [-0.25, -0.2) is 13.4 Å². The van der Waals surface area contributed by atoms with Crippen LogP contribution in [0, 0.1) is 13.8 Å². The summed E-state index contributed by atoms with van der Waals surface area (Å²) in [4.78, 5) is 2.95. The number of ether oxygens (including phenoxy) is 1. The third kappa shape index (κ3) is 3.08. The van der Waals surface area contributed by atoms with Gasteiger partial charge in [0, 0.05) is 13.1 Å². The maximum Gasteiger partial charge on any atom is 0.253 e. The minimum Gasteiger partial charge on any atom is -0.379 e. The Hall–Kier alpha value is -0.950. The summed E-state index contributed by atoms with van der Waals surface area (Å²) in [7, 11) is -3.49. The summed E-state index contributed by atoms with van der Waals surface area (Å²) in [6, 6.07) is 5.42. The lowest BCUT2D eigenvalue weighted by atomic mass is 10.2. The van der Waals surface area contributed by atoms with E-state index in [0.717, 1.165) is 11.1 Å². The van der Waals surface area contributed by atoms with Crippen LogP contribution in [0.25, 0.3) is 0 Å². The maximum atomic E-state index is 12.3. The van der Waals surface area contributed by atoms with Gasteiger partial charge in [-0.3, -0.25) is 0 Å². The molecule has 1 aromatic rings. The predicted octanol–water partition coefficient (Wildman–Crippen LogP) is 0.829. The van der Waals surface area contributed by atoms with Crippen LogP contribution in [0.15, 0.2) is 23.1 Å². The van der Waals surface area contributed by atoms with Gasteiger partial charge in [-0.05, 0) is 31.0 Å². The van der Waals surface area contributed by atoms with Crippen LogP contribution in [0.3, 0.4) is 0 Å². The van der Waals surface area contributed by atoms with Crippen LogP contribution in [-0.2, 0) is 14.8 Å². The van der Waals surface area contributed by atoms with Crippen LogP contribution in [0.1, 0.15) is 11.1 Å². The summed E-state index contributed by atoms with van der Waals surface area (Å²) in [5.41, 5.74) is 1.68. The molecule has 0 bridgehead atoms. The Bertz CT molecular complexity index is 522. The average molecular weight is 270 g/mol. The van der Waals surface area contributed by atoms with Gasteiger partial charge in [0.2, 0.25) is 0 Å². The molecule has 18 heavy (non-hydrogen) atoms. The van der Waals surface area contributed by atoms with Gasteiger partial charge in [0.05, 0.1) is 18.1 Å². The summed E-state index contributed by atoms with van der Waals surface area (Å²) < 4.78 is 29.7. The third-order valence-electron chi connectivity index (χ3n) is 2.89. The van der Waals surface area contributed by atoms with Gasteiger partial charge in [-0.1, -0.05) is 12.1 Å². The van der Waals surface area contributed by atoms with E-state index in [4.69, 9.17) is 4.74 Å². The molecule has 0 unspecified atom stereocenters. The highest BCUT2D eigenvalue weighted by molar-refractivity contribution is 7.89. The highest BCUT2D eigenvalue weighted by atomic mass is 32.2. The maximum absolute atomic E-state index is 12.3. The number of benzene rings is 1. The first-order chi connectivity index (χ1) is 8.49.